The zero-order valence-electron chi connectivity index (χ0n) is 14.0. The van der Waals surface area contributed by atoms with Crippen LogP contribution in [-0.2, 0) is 6.54 Å². The van der Waals surface area contributed by atoms with Gasteiger partial charge in [0.15, 0.2) is 11.6 Å². The van der Waals surface area contributed by atoms with E-state index in [1.54, 1.807) is 18.2 Å². The molecule has 1 heterocycles. The highest BCUT2D eigenvalue weighted by molar-refractivity contribution is 5.60. The highest BCUT2D eigenvalue weighted by Gasteiger charge is 2.21. The summed E-state index contributed by atoms with van der Waals surface area (Å²) in [6.45, 7) is 3.54. The van der Waals surface area contributed by atoms with Gasteiger partial charge in [-0.25, -0.2) is 8.78 Å². The molecular formula is C19H19F2N3O. The first-order valence-electron chi connectivity index (χ1n) is 8.10. The van der Waals surface area contributed by atoms with Gasteiger partial charge in [-0.3, -0.25) is 4.90 Å². The Morgan fingerprint density at radius 1 is 1.08 bits per heavy atom. The van der Waals surface area contributed by atoms with Gasteiger partial charge in [0.05, 0.1) is 12.8 Å². The number of ether oxygens (including phenoxy) is 1. The number of methoxy groups -OCH3 is 1. The van der Waals surface area contributed by atoms with Crippen LogP contribution in [0.3, 0.4) is 0 Å². The number of anilines is 1. The second kappa shape index (κ2) is 7.49. The minimum atomic E-state index is -0.490. The molecule has 0 radical (unpaired) electrons. The van der Waals surface area contributed by atoms with Crippen molar-refractivity contribution in [1.29, 1.82) is 5.26 Å². The lowest BCUT2D eigenvalue weighted by molar-refractivity contribution is 0.249. The van der Waals surface area contributed by atoms with Crippen molar-refractivity contribution in [3.05, 3.63) is 59.2 Å². The number of benzene rings is 2. The van der Waals surface area contributed by atoms with Crippen LogP contribution in [0.5, 0.6) is 5.75 Å². The van der Waals surface area contributed by atoms with Crippen LogP contribution in [0.1, 0.15) is 11.1 Å². The average Bonchev–Trinajstić information content (AvgIpc) is 2.62. The van der Waals surface area contributed by atoms with Gasteiger partial charge in [-0.1, -0.05) is 12.1 Å². The molecule has 0 saturated carbocycles. The zero-order chi connectivity index (χ0) is 17.8. The smallest absolute Gasteiger partial charge is 0.165 e. The summed E-state index contributed by atoms with van der Waals surface area (Å²) in [5, 5.41) is 9.17. The van der Waals surface area contributed by atoms with E-state index in [4.69, 9.17) is 4.74 Å². The van der Waals surface area contributed by atoms with E-state index >= 15 is 0 Å². The molecule has 0 bridgehead atoms. The molecule has 0 spiro atoms. The molecule has 130 valence electrons. The summed E-state index contributed by atoms with van der Waals surface area (Å²) < 4.78 is 32.5. The summed E-state index contributed by atoms with van der Waals surface area (Å²) in [6.07, 6.45) is 0. The number of nitriles is 1. The summed E-state index contributed by atoms with van der Waals surface area (Å²) in [5.41, 5.74) is 1.61. The molecule has 0 unspecified atom stereocenters. The van der Waals surface area contributed by atoms with Crippen LogP contribution in [0, 0.1) is 23.0 Å². The van der Waals surface area contributed by atoms with E-state index in [9.17, 15) is 14.0 Å². The van der Waals surface area contributed by atoms with Crippen molar-refractivity contribution >= 4 is 5.69 Å². The Morgan fingerprint density at radius 3 is 2.48 bits per heavy atom. The predicted molar refractivity (Wildman–Crippen MR) is 91.6 cm³/mol. The summed E-state index contributed by atoms with van der Waals surface area (Å²) in [6, 6.07) is 11.6. The largest absolute Gasteiger partial charge is 0.494 e. The molecule has 1 fully saturated rings. The van der Waals surface area contributed by atoms with Gasteiger partial charge in [-0.05, 0) is 29.8 Å². The van der Waals surface area contributed by atoms with Crippen LogP contribution in [-0.4, -0.2) is 38.2 Å². The highest BCUT2D eigenvalue weighted by Crippen LogP contribution is 2.24. The molecule has 0 aliphatic carbocycles. The van der Waals surface area contributed by atoms with Gasteiger partial charge in [0, 0.05) is 32.7 Å². The molecule has 0 amide bonds. The fraction of sp³-hybridized carbons (Fsp3) is 0.316. The Morgan fingerprint density at radius 2 is 1.84 bits per heavy atom. The van der Waals surface area contributed by atoms with Gasteiger partial charge >= 0.3 is 0 Å². The molecule has 0 atom stereocenters. The fourth-order valence-corrected chi connectivity index (χ4v) is 3.10. The van der Waals surface area contributed by atoms with E-state index in [-0.39, 0.29) is 17.1 Å². The molecule has 4 nitrogen and oxygen atoms in total. The van der Waals surface area contributed by atoms with Crippen LogP contribution in [0.15, 0.2) is 36.4 Å². The van der Waals surface area contributed by atoms with Crippen molar-refractivity contribution in [1.82, 2.24) is 4.90 Å². The topological polar surface area (TPSA) is 39.5 Å². The molecule has 25 heavy (non-hydrogen) atoms. The normalized spacial score (nSPS) is 15.0. The number of hydrogen-bond donors (Lipinski definition) is 0. The average molecular weight is 343 g/mol. The molecule has 0 aromatic heterocycles. The van der Waals surface area contributed by atoms with E-state index in [1.807, 2.05) is 17.0 Å². The lowest BCUT2D eigenvalue weighted by atomic mass is 10.1. The summed E-state index contributed by atoms with van der Waals surface area (Å²) >= 11 is 0. The Hall–Kier alpha value is -2.65. The SMILES string of the molecule is COc1ccc(CN2CCN(c3cccc(F)c3C#N)CC2)cc1F. The first-order chi connectivity index (χ1) is 12.1. The van der Waals surface area contributed by atoms with Gasteiger partial charge in [-0.2, -0.15) is 5.26 Å². The maximum atomic E-state index is 13.8. The minimum Gasteiger partial charge on any atom is -0.494 e. The van der Waals surface area contributed by atoms with Gasteiger partial charge in [-0.15, -0.1) is 0 Å². The van der Waals surface area contributed by atoms with Crippen molar-refractivity contribution in [2.24, 2.45) is 0 Å². The third-order valence-electron chi connectivity index (χ3n) is 4.44. The Kier molecular flexibility index (Phi) is 5.15. The standard InChI is InChI=1S/C19H19F2N3O/c1-25-19-6-5-14(11-17(19)21)13-23-7-9-24(10-8-23)18-4-2-3-16(20)15(18)12-22/h2-6,11H,7-10,13H2,1H3. The molecule has 1 aliphatic rings. The van der Waals surface area contributed by atoms with Crippen LogP contribution >= 0.6 is 0 Å². The quantitative estimate of drug-likeness (QED) is 0.855. The maximum Gasteiger partial charge on any atom is 0.165 e. The molecule has 6 heteroatoms. The molecule has 1 aliphatic heterocycles. The highest BCUT2D eigenvalue weighted by atomic mass is 19.1. The predicted octanol–water partition coefficient (Wildman–Crippen LogP) is 3.17. The van der Waals surface area contributed by atoms with Crippen molar-refractivity contribution in [3.63, 3.8) is 0 Å². The second-order valence-electron chi connectivity index (χ2n) is 5.98. The second-order valence-corrected chi connectivity index (χ2v) is 5.98. The van der Waals surface area contributed by atoms with Crippen molar-refractivity contribution < 1.29 is 13.5 Å². The first-order valence-corrected chi connectivity index (χ1v) is 8.10. The van der Waals surface area contributed by atoms with E-state index in [2.05, 4.69) is 4.90 Å². The summed E-state index contributed by atoms with van der Waals surface area (Å²) in [7, 11) is 1.44. The number of halogens is 2. The maximum absolute atomic E-state index is 13.8. The van der Waals surface area contributed by atoms with Gasteiger partial charge < -0.3 is 9.64 Å². The van der Waals surface area contributed by atoms with Crippen molar-refractivity contribution in [2.45, 2.75) is 6.54 Å². The molecule has 3 rings (SSSR count). The number of rotatable bonds is 4. The van der Waals surface area contributed by atoms with E-state index in [0.29, 0.717) is 25.3 Å². The third-order valence-corrected chi connectivity index (χ3v) is 4.44. The van der Waals surface area contributed by atoms with E-state index in [1.165, 1.54) is 19.2 Å². The van der Waals surface area contributed by atoms with Crippen LogP contribution in [0.4, 0.5) is 14.5 Å². The molecule has 0 N–H and O–H groups in total. The van der Waals surface area contributed by atoms with Crippen molar-refractivity contribution in [3.8, 4) is 11.8 Å². The number of piperazine rings is 1. The fourth-order valence-electron chi connectivity index (χ4n) is 3.10. The Balaban J connectivity index is 1.64. The molecular weight excluding hydrogens is 324 g/mol. The lowest BCUT2D eigenvalue weighted by Gasteiger charge is -2.36. The Bertz CT molecular complexity index is 796. The van der Waals surface area contributed by atoms with E-state index in [0.717, 1.165) is 18.7 Å². The van der Waals surface area contributed by atoms with Crippen LogP contribution in [0.25, 0.3) is 0 Å². The van der Waals surface area contributed by atoms with Crippen LogP contribution in [0.2, 0.25) is 0 Å². The first kappa shape index (κ1) is 17.2. The van der Waals surface area contributed by atoms with Gasteiger partial charge in [0.25, 0.3) is 0 Å². The number of hydrogen-bond acceptors (Lipinski definition) is 4. The zero-order valence-corrected chi connectivity index (χ0v) is 14.0. The summed E-state index contributed by atoms with van der Waals surface area (Å²) in [5.74, 6) is -0.614. The van der Waals surface area contributed by atoms with Crippen LogP contribution < -0.4 is 9.64 Å². The number of nitrogens with zero attached hydrogens (tertiary/aromatic N) is 3. The van der Waals surface area contributed by atoms with Gasteiger partial charge in [0.1, 0.15) is 17.4 Å². The lowest BCUT2D eigenvalue weighted by Crippen LogP contribution is -2.46. The molecule has 2 aromatic carbocycles. The Labute approximate surface area is 145 Å². The van der Waals surface area contributed by atoms with Crippen molar-refractivity contribution in [2.75, 3.05) is 38.2 Å². The molecule has 2 aromatic rings. The minimum absolute atomic E-state index is 0.0909. The monoisotopic (exact) mass is 343 g/mol. The third kappa shape index (κ3) is 3.72. The molecule has 1 saturated heterocycles. The van der Waals surface area contributed by atoms with Gasteiger partial charge in [0.2, 0.25) is 0 Å². The summed E-state index contributed by atoms with van der Waals surface area (Å²) in [4.78, 5) is 4.23. The van der Waals surface area contributed by atoms with E-state index < -0.39 is 5.82 Å².